The third kappa shape index (κ3) is 4.26. The Hall–Kier alpha value is -1.15. The normalized spacial score (nSPS) is 23.9. The van der Waals surface area contributed by atoms with E-state index in [-0.39, 0.29) is 18.2 Å². The average molecular weight is 279 g/mol. The molecule has 1 heterocycles. The van der Waals surface area contributed by atoms with Crippen LogP contribution >= 0.6 is 0 Å². The van der Waals surface area contributed by atoms with Gasteiger partial charge >= 0.3 is 5.97 Å². The lowest BCUT2D eigenvalue weighted by molar-refractivity contribution is -0.154. The number of hydrogen-bond acceptors (Lipinski definition) is 5. The van der Waals surface area contributed by atoms with Crippen molar-refractivity contribution in [2.75, 3.05) is 25.6 Å². The zero-order valence-electron chi connectivity index (χ0n) is 10.3. The van der Waals surface area contributed by atoms with Gasteiger partial charge in [0.25, 0.3) is 5.91 Å². The lowest BCUT2D eigenvalue weighted by Crippen LogP contribution is -2.39. The van der Waals surface area contributed by atoms with Crippen LogP contribution in [0.5, 0.6) is 0 Å². The van der Waals surface area contributed by atoms with Crippen molar-refractivity contribution in [3.63, 3.8) is 0 Å². The van der Waals surface area contributed by atoms with Gasteiger partial charge in [-0.3, -0.25) is 4.79 Å². The lowest BCUT2D eigenvalue weighted by Gasteiger charge is -2.20. The molecule has 0 unspecified atom stereocenters. The van der Waals surface area contributed by atoms with Crippen molar-refractivity contribution in [2.24, 2.45) is 0 Å². The van der Waals surface area contributed by atoms with Crippen molar-refractivity contribution in [3.8, 4) is 0 Å². The minimum Gasteiger partial charge on any atom is -0.479 e. The zero-order chi connectivity index (χ0) is 13.9. The van der Waals surface area contributed by atoms with E-state index in [1.54, 1.807) is 0 Å². The molecule has 1 aliphatic heterocycles. The predicted molar refractivity (Wildman–Crippen MR) is 62.9 cm³/mol. The fraction of sp³-hybridized carbons (Fsp3) is 0.800. The number of carboxylic acids is 1. The molecular formula is C10H17NO6S. The third-order valence-corrected chi connectivity index (χ3v) is 3.67. The molecule has 0 bridgehead atoms. The molecule has 0 spiro atoms. The fourth-order valence-corrected chi connectivity index (χ4v) is 2.26. The van der Waals surface area contributed by atoms with Crippen LogP contribution in [0.1, 0.15) is 12.8 Å². The number of hydrogen-bond donors (Lipinski definition) is 1. The molecule has 1 amide bonds. The van der Waals surface area contributed by atoms with Crippen molar-refractivity contribution < 1.29 is 27.9 Å². The molecule has 8 heteroatoms. The maximum Gasteiger partial charge on any atom is 0.332 e. The Morgan fingerprint density at radius 2 is 1.89 bits per heavy atom. The quantitative estimate of drug-likeness (QED) is 0.701. The summed E-state index contributed by atoms with van der Waals surface area (Å²) in [6, 6.07) is 0. The van der Waals surface area contributed by atoms with Crippen LogP contribution in [0.25, 0.3) is 0 Å². The molecule has 2 atom stereocenters. The number of ether oxygens (including phenoxy) is 1. The number of carbonyl (C=O) groups is 2. The second kappa shape index (κ2) is 5.66. The minimum absolute atomic E-state index is 0.0786. The van der Waals surface area contributed by atoms with Crippen LogP contribution in [0.15, 0.2) is 0 Å². The van der Waals surface area contributed by atoms with Gasteiger partial charge in [-0.1, -0.05) is 0 Å². The summed E-state index contributed by atoms with van der Waals surface area (Å²) in [6.45, 7) is 0.0786. The van der Waals surface area contributed by atoms with E-state index in [1.807, 2.05) is 0 Å². The molecule has 7 nitrogen and oxygen atoms in total. The van der Waals surface area contributed by atoms with E-state index in [0.29, 0.717) is 12.8 Å². The van der Waals surface area contributed by atoms with E-state index in [2.05, 4.69) is 0 Å². The number of nitrogens with zero attached hydrogens (tertiary/aromatic N) is 1. The molecule has 104 valence electrons. The van der Waals surface area contributed by atoms with Crippen LogP contribution in [-0.4, -0.2) is 68.1 Å². The van der Waals surface area contributed by atoms with Gasteiger partial charge in [0, 0.05) is 19.8 Å². The molecule has 1 fully saturated rings. The van der Waals surface area contributed by atoms with Crippen LogP contribution in [0.3, 0.4) is 0 Å². The highest BCUT2D eigenvalue weighted by Crippen LogP contribution is 2.21. The third-order valence-electron chi connectivity index (χ3n) is 2.74. The number of carbonyl (C=O) groups excluding carboxylic acids is 1. The van der Waals surface area contributed by atoms with Gasteiger partial charge in [-0.05, 0) is 12.8 Å². The molecule has 0 aliphatic carbocycles. The van der Waals surface area contributed by atoms with Crippen LogP contribution < -0.4 is 0 Å². The standard InChI is InChI=1S/C10H17NO6S/c1-11(5-6-18(2,15)16)9(12)7-3-4-8(17-7)10(13)14/h7-8H,3-6H2,1-2H3,(H,13,14)/t7-,8+/m0/s1. The van der Waals surface area contributed by atoms with Gasteiger partial charge in [0.2, 0.25) is 0 Å². The van der Waals surface area contributed by atoms with Crippen LogP contribution in [0.2, 0.25) is 0 Å². The average Bonchev–Trinajstić information content (AvgIpc) is 2.73. The zero-order valence-corrected chi connectivity index (χ0v) is 11.1. The molecular weight excluding hydrogens is 262 g/mol. The number of amides is 1. The molecule has 0 saturated carbocycles. The monoisotopic (exact) mass is 279 g/mol. The van der Waals surface area contributed by atoms with Crippen molar-refractivity contribution in [1.82, 2.24) is 4.90 Å². The van der Waals surface area contributed by atoms with E-state index < -0.39 is 28.0 Å². The highest BCUT2D eigenvalue weighted by molar-refractivity contribution is 7.90. The first kappa shape index (κ1) is 14.9. The van der Waals surface area contributed by atoms with Gasteiger partial charge in [-0.2, -0.15) is 0 Å². The Morgan fingerprint density at radius 1 is 1.33 bits per heavy atom. The Morgan fingerprint density at radius 3 is 2.33 bits per heavy atom. The second-order valence-electron chi connectivity index (χ2n) is 4.42. The molecule has 0 aromatic heterocycles. The summed E-state index contributed by atoms with van der Waals surface area (Å²) >= 11 is 0. The maximum absolute atomic E-state index is 11.8. The van der Waals surface area contributed by atoms with Crippen LogP contribution in [0.4, 0.5) is 0 Å². The van der Waals surface area contributed by atoms with Gasteiger partial charge in [0.1, 0.15) is 15.9 Å². The van der Waals surface area contributed by atoms with E-state index in [9.17, 15) is 18.0 Å². The highest BCUT2D eigenvalue weighted by Gasteiger charge is 2.36. The summed E-state index contributed by atoms with van der Waals surface area (Å²) < 4.78 is 27.0. The van der Waals surface area contributed by atoms with Gasteiger partial charge in [-0.25, -0.2) is 13.2 Å². The van der Waals surface area contributed by atoms with Crippen molar-refractivity contribution in [2.45, 2.75) is 25.0 Å². The number of sulfone groups is 1. The topological polar surface area (TPSA) is 101 Å². The molecule has 0 radical (unpaired) electrons. The van der Waals surface area contributed by atoms with Crippen molar-refractivity contribution in [1.29, 1.82) is 0 Å². The minimum atomic E-state index is -3.13. The summed E-state index contributed by atoms with van der Waals surface area (Å²) in [5, 5.41) is 8.73. The summed E-state index contributed by atoms with van der Waals surface area (Å²) in [5.41, 5.74) is 0. The second-order valence-corrected chi connectivity index (χ2v) is 6.68. The number of likely N-dealkylation sites (N-methyl/N-ethyl adjacent to an activating group) is 1. The fourth-order valence-electron chi connectivity index (χ4n) is 1.66. The molecule has 0 aromatic rings. The Kier molecular flexibility index (Phi) is 4.69. The smallest absolute Gasteiger partial charge is 0.332 e. The predicted octanol–water partition coefficient (Wildman–Crippen LogP) is -0.878. The van der Waals surface area contributed by atoms with Crippen LogP contribution in [-0.2, 0) is 24.2 Å². The van der Waals surface area contributed by atoms with Gasteiger partial charge in [0.05, 0.1) is 5.75 Å². The van der Waals surface area contributed by atoms with E-state index in [0.717, 1.165) is 6.26 Å². The summed E-state index contributed by atoms with van der Waals surface area (Å²) in [4.78, 5) is 23.8. The highest BCUT2D eigenvalue weighted by atomic mass is 32.2. The summed E-state index contributed by atoms with van der Waals surface area (Å²) in [6.07, 6.45) is 0.0145. The largest absolute Gasteiger partial charge is 0.479 e. The first-order valence-corrected chi connectivity index (χ1v) is 7.57. The summed E-state index contributed by atoms with van der Waals surface area (Å²) in [5.74, 6) is -1.57. The molecule has 1 aliphatic rings. The number of carboxylic acid groups (broad SMARTS) is 1. The molecule has 18 heavy (non-hydrogen) atoms. The van der Waals surface area contributed by atoms with Gasteiger partial charge < -0.3 is 14.7 Å². The molecule has 1 N–H and O–H groups in total. The molecule has 1 saturated heterocycles. The molecule has 1 rings (SSSR count). The Bertz CT molecular complexity index is 432. The maximum atomic E-state index is 11.8. The van der Waals surface area contributed by atoms with Gasteiger partial charge in [0.15, 0.2) is 6.10 Å². The number of rotatable bonds is 5. The van der Waals surface area contributed by atoms with Crippen molar-refractivity contribution >= 4 is 21.7 Å². The van der Waals surface area contributed by atoms with Crippen molar-refractivity contribution in [3.05, 3.63) is 0 Å². The van der Waals surface area contributed by atoms with Gasteiger partial charge in [-0.15, -0.1) is 0 Å². The van der Waals surface area contributed by atoms with E-state index in [4.69, 9.17) is 9.84 Å². The Labute approximate surface area is 106 Å². The molecule has 0 aromatic carbocycles. The van der Waals surface area contributed by atoms with Crippen LogP contribution in [0, 0.1) is 0 Å². The number of aliphatic carboxylic acids is 1. The van der Waals surface area contributed by atoms with E-state index in [1.165, 1.54) is 11.9 Å². The lowest BCUT2D eigenvalue weighted by atomic mass is 10.2. The summed E-state index contributed by atoms with van der Waals surface area (Å²) in [7, 11) is -1.65. The first-order chi connectivity index (χ1) is 8.20. The van der Waals surface area contributed by atoms with E-state index >= 15 is 0 Å². The SMILES string of the molecule is CN(CCS(C)(=O)=O)C(=O)[C@@H]1CC[C@H](C(=O)O)O1. The first-order valence-electron chi connectivity index (χ1n) is 5.51. The Balaban J connectivity index is 2.48.